The van der Waals surface area contributed by atoms with E-state index in [0.717, 1.165) is 19.5 Å². The molecule has 0 unspecified atom stereocenters. The highest BCUT2D eigenvalue weighted by Crippen LogP contribution is 2.35. The SMILES string of the molecule is CNCC1(CN(C)CCc2ccncc2)CCCCCC1. The van der Waals surface area contributed by atoms with E-state index in [1.165, 1.54) is 50.6 Å². The largest absolute Gasteiger partial charge is 0.319 e. The molecule has 0 radical (unpaired) electrons. The molecule has 1 saturated carbocycles. The number of rotatable bonds is 7. The molecule has 3 heteroatoms. The van der Waals surface area contributed by atoms with Gasteiger partial charge in [0.1, 0.15) is 0 Å². The third kappa shape index (κ3) is 5.40. The normalized spacial score (nSPS) is 18.6. The van der Waals surface area contributed by atoms with Crippen molar-refractivity contribution in [2.75, 3.05) is 33.7 Å². The Bertz CT molecular complexity index is 383. The highest BCUT2D eigenvalue weighted by molar-refractivity contribution is 5.09. The quantitative estimate of drug-likeness (QED) is 0.782. The van der Waals surface area contributed by atoms with E-state index in [9.17, 15) is 0 Å². The number of aromatic nitrogens is 1. The number of nitrogens with one attached hydrogen (secondary N) is 1. The molecule has 0 aliphatic heterocycles. The molecule has 1 aromatic heterocycles. The molecule has 0 spiro atoms. The molecule has 0 amide bonds. The molecule has 1 aliphatic rings. The van der Waals surface area contributed by atoms with Gasteiger partial charge in [-0.25, -0.2) is 0 Å². The molecule has 1 aliphatic carbocycles. The molecule has 1 N–H and O–H groups in total. The number of hydrogen-bond acceptors (Lipinski definition) is 3. The number of pyridine rings is 1. The summed E-state index contributed by atoms with van der Waals surface area (Å²) < 4.78 is 0. The summed E-state index contributed by atoms with van der Waals surface area (Å²) in [6.45, 7) is 3.51. The summed E-state index contributed by atoms with van der Waals surface area (Å²) >= 11 is 0. The second-order valence-corrected chi connectivity index (χ2v) is 6.79. The van der Waals surface area contributed by atoms with Crippen LogP contribution in [-0.2, 0) is 6.42 Å². The Hall–Kier alpha value is -0.930. The van der Waals surface area contributed by atoms with Crippen LogP contribution >= 0.6 is 0 Å². The summed E-state index contributed by atoms with van der Waals surface area (Å²) in [4.78, 5) is 6.62. The van der Waals surface area contributed by atoms with Gasteiger partial charge in [-0.2, -0.15) is 0 Å². The maximum Gasteiger partial charge on any atom is 0.0270 e. The Morgan fingerprint density at radius 1 is 1.14 bits per heavy atom. The molecular weight excluding hydrogens is 258 g/mol. The molecule has 3 nitrogen and oxygen atoms in total. The second-order valence-electron chi connectivity index (χ2n) is 6.79. The maximum absolute atomic E-state index is 4.09. The van der Waals surface area contributed by atoms with E-state index in [0.29, 0.717) is 5.41 Å². The van der Waals surface area contributed by atoms with Crippen LogP contribution in [0.5, 0.6) is 0 Å². The molecule has 0 saturated heterocycles. The van der Waals surface area contributed by atoms with Crippen LogP contribution in [0, 0.1) is 5.41 Å². The van der Waals surface area contributed by atoms with Gasteiger partial charge in [0, 0.05) is 32.0 Å². The van der Waals surface area contributed by atoms with Crippen molar-refractivity contribution < 1.29 is 0 Å². The van der Waals surface area contributed by atoms with Gasteiger partial charge >= 0.3 is 0 Å². The van der Waals surface area contributed by atoms with Gasteiger partial charge in [-0.1, -0.05) is 25.7 Å². The summed E-state index contributed by atoms with van der Waals surface area (Å²) in [6.07, 6.45) is 13.3. The Kier molecular flexibility index (Phi) is 6.65. The van der Waals surface area contributed by atoms with Gasteiger partial charge in [-0.15, -0.1) is 0 Å². The van der Waals surface area contributed by atoms with E-state index in [4.69, 9.17) is 0 Å². The van der Waals surface area contributed by atoms with Crippen LogP contribution in [0.25, 0.3) is 0 Å². The smallest absolute Gasteiger partial charge is 0.0270 e. The van der Waals surface area contributed by atoms with Crippen molar-refractivity contribution in [1.82, 2.24) is 15.2 Å². The first-order valence-corrected chi connectivity index (χ1v) is 8.46. The van der Waals surface area contributed by atoms with E-state index in [2.05, 4.69) is 41.4 Å². The van der Waals surface area contributed by atoms with Crippen molar-refractivity contribution >= 4 is 0 Å². The molecule has 0 bridgehead atoms. The van der Waals surface area contributed by atoms with Crippen LogP contribution in [0.3, 0.4) is 0 Å². The summed E-state index contributed by atoms with van der Waals surface area (Å²) in [6, 6.07) is 4.26. The maximum atomic E-state index is 4.09. The average molecular weight is 289 g/mol. The van der Waals surface area contributed by atoms with Crippen LogP contribution in [0.2, 0.25) is 0 Å². The number of hydrogen-bond donors (Lipinski definition) is 1. The molecule has 1 aromatic rings. The highest BCUT2D eigenvalue weighted by Gasteiger charge is 2.31. The molecule has 1 fully saturated rings. The predicted molar refractivity (Wildman–Crippen MR) is 89.5 cm³/mol. The lowest BCUT2D eigenvalue weighted by atomic mass is 9.79. The van der Waals surface area contributed by atoms with Crippen LogP contribution in [0.4, 0.5) is 0 Å². The van der Waals surface area contributed by atoms with E-state index >= 15 is 0 Å². The van der Waals surface area contributed by atoms with Gasteiger partial charge in [0.15, 0.2) is 0 Å². The Morgan fingerprint density at radius 2 is 1.81 bits per heavy atom. The number of nitrogens with zero attached hydrogens (tertiary/aromatic N) is 2. The minimum absolute atomic E-state index is 0.484. The zero-order chi connectivity index (χ0) is 15.0. The third-order valence-electron chi connectivity index (χ3n) is 4.85. The van der Waals surface area contributed by atoms with Gasteiger partial charge in [0.2, 0.25) is 0 Å². The van der Waals surface area contributed by atoms with Crippen molar-refractivity contribution in [2.45, 2.75) is 44.9 Å². The first-order chi connectivity index (χ1) is 10.2. The lowest BCUT2D eigenvalue weighted by Gasteiger charge is -2.36. The summed E-state index contributed by atoms with van der Waals surface area (Å²) in [5.41, 5.74) is 1.87. The molecule has 118 valence electrons. The zero-order valence-electron chi connectivity index (χ0n) is 13.8. The fraction of sp³-hybridized carbons (Fsp3) is 0.722. The van der Waals surface area contributed by atoms with Crippen LogP contribution in [0.15, 0.2) is 24.5 Å². The lowest BCUT2D eigenvalue weighted by Crippen LogP contribution is -2.42. The highest BCUT2D eigenvalue weighted by atomic mass is 15.1. The monoisotopic (exact) mass is 289 g/mol. The van der Waals surface area contributed by atoms with Crippen molar-refractivity contribution in [2.24, 2.45) is 5.41 Å². The van der Waals surface area contributed by atoms with Crippen molar-refractivity contribution in [3.8, 4) is 0 Å². The fourth-order valence-electron chi connectivity index (χ4n) is 3.77. The first-order valence-electron chi connectivity index (χ1n) is 8.46. The summed E-state index contributed by atoms with van der Waals surface area (Å²) in [5.74, 6) is 0. The minimum atomic E-state index is 0.484. The average Bonchev–Trinajstić information content (AvgIpc) is 2.72. The van der Waals surface area contributed by atoms with Crippen molar-refractivity contribution in [1.29, 1.82) is 0 Å². The van der Waals surface area contributed by atoms with Crippen molar-refractivity contribution in [3.63, 3.8) is 0 Å². The number of likely N-dealkylation sites (N-methyl/N-ethyl adjacent to an activating group) is 1. The van der Waals surface area contributed by atoms with E-state index < -0.39 is 0 Å². The summed E-state index contributed by atoms with van der Waals surface area (Å²) in [7, 11) is 4.38. The van der Waals surface area contributed by atoms with Crippen LogP contribution < -0.4 is 5.32 Å². The lowest BCUT2D eigenvalue weighted by molar-refractivity contribution is 0.150. The van der Waals surface area contributed by atoms with Gasteiger partial charge in [0.05, 0.1) is 0 Å². The van der Waals surface area contributed by atoms with E-state index in [-0.39, 0.29) is 0 Å². The molecule has 2 rings (SSSR count). The third-order valence-corrected chi connectivity index (χ3v) is 4.85. The minimum Gasteiger partial charge on any atom is -0.319 e. The Balaban J connectivity index is 1.86. The molecule has 0 aromatic carbocycles. The second kappa shape index (κ2) is 8.50. The van der Waals surface area contributed by atoms with Crippen molar-refractivity contribution in [3.05, 3.63) is 30.1 Å². The van der Waals surface area contributed by atoms with Crippen LogP contribution in [-0.4, -0.2) is 43.6 Å². The zero-order valence-corrected chi connectivity index (χ0v) is 13.8. The topological polar surface area (TPSA) is 28.2 Å². The van der Waals surface area contributed by atoms with E-state index in [1.807, 2.05) is 12.4 Å². The Morgan fingerprint density at radius 3 is 2.43 bits per heavy atom. The fourth-order valence-corrected chi connectivity index (χ4v) is 3.77. The standard InChI is InChI=1S/C18H31N3/c1-19-15-18(10-5-3-4-6-11-18)16-21(2)14-9-17-7-12-20-13-8-17/h7-8,12-13,19H,3-6,9-11,14-16H2,1-2H3. The molecular formula is C18H31N3. The molecule has 0 atom stereocenters. The van der Waals surface area contributed by atoms with E-state index in [1.54, 1.807) is 0 Å². The van der Waals surface area contributed by atoms with Crippen LogP contribution in [0.1, 0.15) is 44.1 Å². The predicted octanol–water partition coefficient (Wildman–Crippen LogP) is 3.12. The molecule has 1 heterocycles. The van der Waals surface area contributed by atoms with Gasteiger partial charge in [-0.05, 0) is 56.5 Å². The van der Waals surface area contributed by atoms with Gasteiger partial charge in [-0.3, -0.25) is 4.98 Å². The van der Waals surface area contributed by atoms with Gasteiger partial charge in [0.25, 0.3) is 0 Å². The summed E-state index contributed by atoms with van der Waals surface area (Å²) in [5, 5.41) is 3.45. The molecule has 21 heavy (non-hydrogen) atoms. The van der Waals surface area contributed by atoms with Gasteiger partial charge < -0.3 is 10.2 Å². The Labute approximate surface area is 130 Å². The first kappa shape index (κ1) is 16.4.